The van der Waals surface area contributed by atoms with Gasteiger partial charge in [0.2, 0.25) is 5.91 Å². The lowest BCUT2D eigenvalue weighted by Gasteiger charge is -2.20. The summed E-state index contributed by atoms with van der Waals surface area (Å²) in [5.41, 5.74) is 2.71. The zero-order chi connectivity index (χ0) is 21.3. The summed E-state index contributed by atoms with van der Waals surface area (Å²) in [4.78, 5) is 18.3. The van der Waals surface area contributed by atoms with Gasteiger partial charge in [-0.2, -0.15) is 0 Å². The van der Waals surface area contributed by atoms with Crippen LogP contribution in [-0.2, 0) is 4.79 Å². The SMILES string of the molecule is CC(=O)NC1CCN(c2cc(-c3cccc(F)c3)cc(-c3cc(Br)ccc3O)n2)C1. The van der Waals surface area contributed by atoms with Crippen LogP contribution in [0.25, 0.3) is 22.4 Å². The first-order valence-corrected chi connectivity index (χ1v) is 10.5. The lowest BCUT2D eigenvalue weighted by molar-refractivity contribution is -0.119. The number of anilines is 1. The number of rotatable bonds is 4. The van der Waals surface area contributed by atoms with Gasteiger partial charge in [-0.3, -0.25) is 4.79 Å². The zero-order valence-electron chi connectivity index (χ0n) is 16.4. The van der Waals surface area contributed by atoms with E-state index in [0.29, 0.717) is 17.8 Å². The standard InChI is InChI=1S/C23H21BrFN3O2/c1-14(29)26-19-7-8-28(13-19)23-11-16(15-3-2-4-18(25)9-15)10-21(27-23)20-12-17(24)5-6-22(20)30/h2-6,9-12,19,30H,7-8,13H2,1H3,(H,26,29). The molecule has 1 fully saturated rings. The molecule has 30 heavy (non-hydrogen) atoms. The van der Waals surface area contributed by atoms with Gasteiger partial charge in [0, 0.05) is 36.1 Å². The molecule has 7 heteroatoms. The fourth-order valence-electron chi connectivity index (χ4n) is 3.74. The zero-order valence-corrected chi connectivity index (χ0v) is 18.0. The van der Waals surface area contributed by atoms with E-state index in [1.807, 2.05) is 18.2 Å². The van der Waals surface area contributed by atoms with E-state index < -0.39 is 0 Å². The summed E-state index contributed by atoms with van der Waals surface area (Å²) in [6.45, 7) is 2.90. The maximum absolute atomic E-state index is 13.9. The van der Waals surface area contributed by atoms with E-state index in [2.05, 4.69) is 26.1 Å². The number of aromatic nitrogens is 1. The predicted octanol–water partition coefficient (Wildman–Crippen LogP) is 4.74. The summed E-state index contributed by atoms with van der Waals surface area (Å²) in [7, 11) is 0. The van der Waals surface area contributed by atoms with E-state index in [4.69, 9.17) is 4.98 Å². The van der Waals surface area contributed by atoms with Gasteiger partial charge in [-0.15, -0.1) is 0 Å². The summed E-state index contributed by atoms with van der Waals surface area (Å²) in [6.07, 6.45) is 0.822. The molecule has 1 aromatic heterocycles. The van der Waals surface area contributed by atoms with Crippen LogP contribution in [0.3, 0.4) is 0 Å². The molecule has 4 rings (SSSR count). The molecule has 2 heterocycles. The summed E-state index contributed by atoms with van der Waals surface area (Å²) in [5, 5.41) is 13.4. The molecule has 0 radical (unpaired) electrons. The van der Waals surface area contributed by atoms with Gasteiger partial charge in [-0.25, -0.2) is 9.37 Å². The van der Waals surface area contributed by atoms with Crippen molar-refractivity contribution in [1.82, 2.24) is 10.3 Å². The number of carbonyl (C=O) groups is 1. The van der Waals surface area contributed by atoms with Crippen molar-refractivity contribution < 1.29 is 14.3 Å². The molecule has 1 amide bonds. The number of aromatic hydroxyl groups is 1. The number of benzene rings is 2. The fourth-order valence-corrected chi connectivity index (χ4v) is 4.10. The Morgan fingerprint density at radius 2 is 2.03 bits per heavy atom. The van der Waals surface area contributed by atoms with E-state index in [0.717, 1.165) is 34.4 Å². The van der Waals surface area contributed by atoms with Crippen molar-refractivity contribution in [2.45, 2.75) is 19.4 Å². The number of phenols is 1. The second kappa shape index (κ2) is 8.44. The third-order valence-electron chi connectivity index (χ3n) is 5.12. The average molecular weight is 470 g/mol. The van der Waals surface area contributed by atoms with E-state index in [9.17, 15) is 14.3 Å². The van der Waals surface area contributed by atoms with Crippen molar-refractivity contribution in [2.24, 2.45) is 0 Å². The smallest absolute Gasteiger partial charge is 0.217 e. The van der Waals surface area contributed by atoms with Gasteiger partial charge < -0.3 is 15.3 Å². The molecule has 3 aromatic rings. The topological polar surface area (TPSA) is 65.5 Å². The molecule has 0 aliphatic carbocycles. The van der Waals surface area contributed by atoms with Gasteiger partial charge >= 0.3 is 0 Å². The summed E-state index contributed by atoms with van der Waals surface area (Å²) >= 11 is 3.44. The van der Waals surface area contributed by atoms with Crippen LogP contribution in [-0.4, -0.2) is 35.1 Å². The van der Waals surface area contributed by atoms with Gasteiger partial charge in [0.05, 0.1) is 5.69 Å². The van der Waals surface area contributed by atoms with Gasteiger partial charge in [-0.1, -0.05) is 28.1 Å². The number of carbonyl (C=O) groups excluding carboxylic acids is 1. The van der Waals surface area contributed by atoms with Crippen LogP contribution in [0.1, 0.15) is 13.3 Å². The van der Waals surface area contributed by atoms with Crippen molar-refractivity contribution in [2.75, 3.05) is 18.0 Å². The quantitative estimate of drug-likeness (QED) is 0.579. The minimum absolute atomic E-state index is 0.0527. The summed E-state index contributed by atoms with van der Waals surface area (Å²) < 4.78 is 14.7. The molecule has 0 spiro atoms. The normalized spacial score (nSPS) is 16.0. The van der Waals surface area contributed by atoms with Crippen LogP contribution in [0.2, 0.25) is 0 Å². The molecule has 2 N–H and O–H groups in total. The third-order valence-corrected chi connectivity index (χ3v) is 5.62. The molecule has 1 saturated heterocycles. The highest BCUT2D eigenvalue weighted by atomic mass is 79.9. The Bertz CT molecular complexity index is 1110. The minimum atomic E-state index is -0.315. The monoisotopic (exact) mass is 469 g/mol. The van der Waals surface area contributed by atoms with E-state index in [1.165, 1.54) is 19.1 Å². The van der Waals surface area contributed by atoms with E-state index >= 15 is 0 Å². The van der Waals surface area contributed by atoms with Crippen molar-refractivity contribution in [3.05, 3.63) is 64.9 Å². The van der Waals surface area contributed by atoms with Crippen LogP contribution in [0.5, 0.6) is 5.75 Å². The number of pyridine rings is 1. The highest BCUT2D eigenvalue weighted by molar-refractivity contribution is 9.10. The van der Waals surface area contributed by atoms with Crippen molar-refractivity contribution in [1.29, 1.82) is 0 Å². The number of nitrogens with zero attached hydrogens (tertiary/aromatic N) is 2. The van der Waals surface area contributed by atoms with Crippen LogP contribution >= 0.6 is 15.9 Å². The Morgan fingerprint density at radius 3 is 2.80 bits per heavy atom. The molecule has 2 aromatic carbocycles. The molecule has 0 bridgehead atoms. The maximum Gasteiger partial charge on any atom is 0.217 e. The number of hydrogen-bond donors (Lipinski definition) is 2. The summed E-state index contributed by atoms with van der Waals surface area (Å²) in [5.74, 6) is 0.470. The predicted molar refractivity (Wildman–Crippen MR) is 119 cm³/mol. The molecular formula is C23H21BrFN3O2. The minimum Gasteiger partial charge on any atom is -0.507 e. The highest BCUT2D eigenvalue weighted by Crippen LogP contribution is 2.35. The molecule has 154 valence electrons. The van der Waals surface area contributed by atoms with Crippen molar-refractivity contribution in [3.8, 4) is 28.1 Å². The van der Waals surface area contributed by atoms with Crippen LogP contribution in [0, 0.1) is 5.82 Å². The number of halogens is 2. The van der Waals surface area contributed by atoms with Crippen LogP contribution in [0.15, 0.2) is 59.1 Å². The van der Waals surface area contributed by atoms with Gasteiger partial charge in [0.25, 0.3) is 0 Å². The Hall–Kier alpha value is -2.93. The lowest BCUT2D eigenvalue weighted by Crippen LogP contribution is -2.35. The fraction of sp³-hybridized carbons (Fsp3) is 0.217. The third kappa shape index (κ3) is 4.46. The van der Waals surface area contributed by atoms with Gasteiger partial charge in [0.15, 0.2) is 0 Å². The molecule has 1 atom stereocenters. The largest absolute Gasteiger partial charge is 0.507 e. The molecule has 1 unspecified atom stereocenters. The van der Waals surface area contributed by atoms with Crippen LogP contribution < -0.4 is 10.2 Å². The van der Waals surface area contributed by atoms with E-state index in [-0.39, 0.29) is 23.5 Å². The van der Waals surface area contributed by atoms with Gasteiger partial charge in [-0.05, 0) is 60.0 Å². The maximum atomic E-state index is 13.9. The first-order valence-electron chi connectivity index (χ1n) is 9.68. The Morgan fingerprint density at radius 1 is 1.20 bits per heavy atom. The number of hydrogen-bond acceptors (Lipinski definition) is 4. The van der Waals surface area contributed by atoms with Crippen molar-refractivity contribution >= 4 is 27.7 Å². The molecule has 1 aliphatic heterocycles. The number of amides is 1. The molecule has 1 aliphatic rings. The summed E-state index contributed by atoms with van der Waals surface area (Å²) in [6, 6.07) is 15.4. The molecular weight excluding hydrogens is 449 g/mol. The Balaban J connectivity index is 1.79. The molecule has 0 saturated carbocycles. The van der Waals surface area contributed by atoms with Crippen LogP contribution in [0.4, 0.5) is 10.2 Å². The Kier molecular flexibility index (Phi) is 5.72. The Labute approximate surface area is 182 Å². The first-order chi connectivity index (χ1) is 14.4. The number of nitrogens with one attached hydrogen (secondary N) is 1. The highest BCUT2D eigenvalue weighted by Gasteiger charge is 2.25. The van der Waals surface area contributed by atoms with Gasteiger partial charge in [0.1, 0.15) is 17.4 Å². The first kappa shape index (κ1) is 20.3. The average Bonchev–Trinajstić information content (AvgIpc) is 3.17. The second-order valence-electron chi connectivity index (χ2n) is 7.40. The lowest BCUT2D eigenvalue weighted by atomic mass is 10.0. The molecule has 5 nitrogen and oxygen atoms in total. The second-order valence-corrected chi connectivity index (χ2v) is 8.32. The number of phenolic OH excluding ortho intramolecular Hbond substituents is 1. The van der Waals surface area contributed by atoms with E-state index in [1.54, 1.807) is 24.3 Å². The van der Waals surface area contributed by atoms with Crippen molar-refractivity contribution in [3.63, 3.8) is 0 Å².